The maximum absolute atomic E-state index is 2.58. The SMILES string of the molecule is CC(C)(C)c1cc(-c2cc3c(c4ccccc24)c2ccccc2n3-c2cc3c4c(c2)N(c2ccc(-c5ccccc5)cc2)c2ccc(-c5ccccc5)cc2B4c2cc(-c4ccccc4)ccc2N3c2ccc(-c3ccccc3)cc2)cc(C(C)(C)C)c1. The Hall–Kier alpha value is -10.4. The molecule has 14 aromatic rings. The van der Waals surface area contributed by atoms with E-state index in [1.165, 1.54) is 110 Å². The van der Waals surface area contributed by atoms with Crippen molar-refractivity contribution >= 4 is 89.8 Å². The molecule has 0 saturated carbocycles. The first kappa shape index (κ1) is 53.1. The van der Waals surface area contributed by atoms with Crippen molar-refractivity contribution in [1.29, 1.82) is 0 Å². The van der Waals surface area contributed by atoms with E-state index in [2.05, 4.69) is 347 Å². The van der Waals surface area contributed by atoms with E-state index in [-0.39, 0.29) is 17.5 Å². The van der Waals surface area contributed by atoms with Crippen molar-refractivity contribution in [1.82, 2.24) is 4.57 Å². The van der Waals surface area contributed by atoms with E-state index < -0.39 is 0 Å². The molecule has 0 atom stereocenters. The predicted molar refractivity (Wildman–Crippen MR) is 377 cm³/mol. The Kier molecular flexibility index (Phi) is 12.5. The van der Waals surface area contributed by atoms with Crippen LogP contribution in [0, 0.1) is 0 Å². The quantitative estimate of drug-likeness (QED) is 0.141. The van der Waals surface area contributed by atoms with Crippen molar-refractivity contribution in [3.05, 3.63) is 302 Å². The van der Waals surface area contributed by atoms with Gasteiger partial charge in [-0.15, -0.1) is 0 Å². The molecule has 0 spiro atoms. The molecule has 0 radical (unpaired) electrons. The number of rotatable bonds is 8. The Morgan fingerprint density at radius 2 is 0.659 bits per heavy atom. The van der Waals surface area contributed by atoms with Gasteiger partial charge in [0.1, 0.15) is 0 Å². The van der Waals surface area contributed by atoms with Gasteiger partial charge >= 0.3 is 0 Å². The molecule has 420 valence electrons. The highest BCUT2D eigenvalue weighted by molar-refractivity contribution is 7.00. The van der Waals surface area contributed by atoms with Crippen molar-refractivity contribution in [3.63, 3.8) is 0 Å². The minimum atomic E-state index is -0.142. The zero-order chi connectivity index (χ0) is 59.4. The summed E-state index contributed by atoms with van der Waals surface area (Å²) in [4.78, 5) is 5.14. The molecule has 3 heterocycles. The van der Waals surface area contributed by atoms with Crippen LogP contribution < -0.4 is 26.2 Å². The topological polar surface area (TPSA) is 11.4 Å². The molecule has 4 heteroatoms. The molecular formula is C84H66BN3. The van der Waals surface area contributed by atoms with Gasteiger partial charge in [0, 0.05) is 44.9 Å². The van der Waals surface area contributed by atoms with Crippen LogP contribution in [-0.2, 0) is 10.8 Å². The fraction of sp³-hybridized carbons (Fsp3) is 0.0952. The predicted octanol–water partition coefficient (Wildman–Crippen LogP) is 20.9. The van der Waals surface area contributed by atoms with Gasteiger partial charge in [-0.1, -0.05) is 272 Å². The molecule has 0 bridgehead atoms. The zero-order valence-electron chi connectivity index (χ0n) is 50.6. The van der Waals surface area contributed by atoms with Gasteiger partial charge in [-0.2, -0.15) is 0 Å². The fourth-order valence-electron chi connectivity index (χ4n) is 14.2. The normalized spacial score (nSPS) is 12.8. The second kappa shape index (κ2) is 20.6. The van der Waals surface area contributed by atoms with Gasteiger partial charge in [-0.05, 0) is 165 Å². The average molecular weight is 1130 g/mol. The highest BCUT2D eigenvalue weighted by atomic mass is 15.2. The van der Waals surface area contributed by atoms with E-state index >= 15 is 0 Å². The molecule has 2 aliphatic heterocycles. The number of para-hydroxylation sites is 1. The van der Waals surface area contributed by atoms with Crippen LogP contribution in [0.2, 0.25) is 0 Å². The van der Waals surface area contributed by atoms with Crippen LogP contribution in [-0.4, -0.2) is 11.3 Å². The largest absolute Gasteiger partial charge is 0.311 e. The van der Waals surface area contributed by atoms with Gasteiger partial charge in [-0.3, -0.25) is 0 Å². The maximum Gasteiger partial charge on any atom is 0.252 e. The Morgan fingerprint density at radius 3 is 1.11 bits per heavy atom. The van der Waals surface area contributed by atoms with Crippen LogP contribution in [0.25, 0.3) is 93.9 Å². The average Bonchev–Trinajstić information content (AvgIpc) is 1.24. The molecule has 3 nitrogen and oxygen atoms in total. The van der Waals surface area contributed by atoms with Crippen LogP contribution >= 0.6 is 0 Å². The Labute approximate surface area is 517 Å². The number of fused-ring (bicyclic) bond motifs is 9. The standard InChI is InChI=1S/C84H66BN3/c1-83(2,3)64-47-63(48-65(51-64)84(4,5)6)72-54-78-81(70-32-20-19-31-69(70)72)71-33-21-22-34-75(71)88(78)68-52-79-82-80(53-68)87(67-43-37-60(38-44-67)56-25-13-8-14-26-56)77-46-40-62(58-29-17-10-18-30-58)50-74(77)85(82)73-49-61(57-27-15-9-16-28-57)39-45-76(73)86(79)66-41-35-59(36-42-66)55-23-11-7-12-24-55/h7-54H,1-6H3. The third-order valence-corrected chi connectivity index (χ3v) is 18.6. The minimum Gasteiger partial charge on any atom is -0.311 e. The molecular weight excluding hydrogens is 1060 g/mol. The summed E-state index contributed by atoms with van der Waals surface area (Å²) in [6, 6.07) is 109. The Bertz CT molecular complexity index is 4780. The lowest BCUT2D eigenvalue weighted by atomic mass is 9.33. The minimum absolute atomic E-state index is 0.0574. The summed E-state index contributed by atoms with van der Waals surface area (Å²) in [6.45, 7) is 13.9. The van der Waals surface area contributed by atoms with Crippen LogP contribution in [0.15, 0.2) is 291 Å². The lowest BCUT2D eigenvalue weighted by molar-refractivity contribution is 0.569. The fourth-order valence-corrected chi connectivity index (χ4v) is 14.2. The summed E-state index contributed by atoms with van der Waals surface area (Å²) in [7, 11) is 0. The second-order valence-electron chi connectivity index (χ2n) is 26.1. The first-order chi connectivity index (χ1) is 42.9. The molecule has 1 aromatic heterocycles. The highest BCUT2D eigenvalue weighted by Gasteiger charge is 2.44. The molecule has 0 N–H and O–H groups in total. The molecule has 0 aliphatic carbocycles. The summed E-state index contributed by atoms with van der Waals surface area (Å²) in [6.07, 6.45) is 0. The first-order valence-corrected chi connectivity index (χ1v) is 31.0. The molecule has 0 amide bonds. The van der Waals surface area contributed by atoms with E-state index in [9.17, 15) is 0 Å². The zero-order valence-corrected chi connectivity index (χ0v) is 50.6. The molecule has 0 saturated heterocycles. The van der Waals surface area contributed by atoms with Crippen molar-refractivity contribution in [2.75, 3.05) is 9.80 Å². The van der Waals surface area contributed by atoms with E-state index in [0.717, 1.165) is 45.3 Å². The highest BCUT2D eigenvalue weighted by Crippen LogP contribution is 2.49. The summed E-state index contributed by atoms with van der Waals surface area (Å²) >= 11 is 0. The summed E-state index contributed by atoms with van der Waals surface area (Å²) in [5, 5.41) is 4.97. The van der Waals surface area contributed by atoms with Gasteiger partial charge in [0.15, 0.2) is 0 Å². The number of aromatic nitrogens is 1. The number of nitrogens with zero attached hydrogens (tertiary/aromatic N) is 3. The molecule has 16 rings (SSSR count). The maximum atomic E-state index is 2.58. The molecule has 13 aromatic carbocycles. The summed E-state index contributed by atoms with van der Waals surface area (Å²) in [5.74, 6) is 0. The van der Waals surface area contributed by atoms with Crippen LogP contribution in [0.1, 0.15) is 52.7 Å². The number of hydrogen-bond acceptors (Lipinski definition) is 2. The van der Waals surface area contributed by atoms with Crippen molar-refractivity contribution in [3.8, 4) is 61.3 Å². The monoisotopic (exact) mass is 1130 g/mol. The Balaban J connectivity index is 1.03. The van der Waals surface area contributed by atoms with Gasteiger partial charge in [0.2, 0.25) is 0 Å². The van der Waals surface area contributed by atoms with Crippen LogP contribution in [0.3, 0.4) is 0 Å². The third kappa shape index (κ3) is 8.88. The van der Waals surface area contributed by atoms with Crippen molar-refractivity contribution in [2.45, 2.75) is 52.4 Å². The second-order valence-corrected chi connectivity index (χ2v) is 26.1. The van der Waals surface area contributed by atoms with E-state index in [0.29, 0.717) is 0 Å². The van der Waals surface area contributed by atoms with Gasteiger partial charge in [-0.25, -0.2) is 0 Å². The van der Waals surface area contributed by atoms with E-state index in [1.54, 1.807) is 0 Å². The van der Waals surface area contributed by atoms with Crippen molar-refractivity contribution < 1.29 is 0 Å². The number of anilines is 6. The van der Waals surface area contributed by atoms with Gasteiger partial charge in [0.25, 0.3) is 6.71 Å². The van der Waals surface area contributed by atoms with Gasteiger partial charge in [0.05, 0.1) is 16.7 Å². The number of hydrogen-bond donors (Lipinski definition) is 0. The van der Waals surface area contributed by atoms with Gasteiger partial charge < -0.3 is 14.4 Å². The Morgan fingerprint density at radius 1 is 0.273 bits per heavy atom. The first-order valence-electron chi connectivity index (χ1n) is 31.0. The smallest absolute Gasteiger partial charge is 0.252 e. The lowest BCUT2D eigenvalue weighted by Crippen LogP contribution is -2.61. The summed E-state index contributed by atoms with van der Waals surface area (Å²) in [5.41, 5.74) is 28.5. The van der Waals surface area contributed by atoms with Crippen LogP contribution in [0.4, 0.5) is 34.1 Å². The van der Waals surface area contributed by atoms with Crippen molar-refractivity contribution in [2.24, 2.45) is 0 Å². The molecule has 2 aliphatic rings. The summed E-state index contributed by atoms with van der Waals surface area (Å²) < 4.78 is 2.58. The molecule has 88 heavy (non-hydrogen) atoms. The van der Waals surface area contributed by atoms with E-state index in [4.69, 9.17) is 0 Å². The third-order valence-electron chi connectivity index (χ3n) is 18.6. The van der Waals surface area contributed by atoms with E-state index in [1.807, 2.05) is 0 Å². The molecule has 0 fully saturated rings. The molecule has 0 unspecified atom stereocenters. The number of benzene rings is 13. The lowest BCUT2D eigenvalue weighted by Gasteiger charge is -2.44. The van der Waals surface area contributed by atoms with Crippen LogP contribution in [0.5, 0.6) is 0 Å².